The Labute approximate surface area is 154 Å². The lowest BCUT2D eigenvalue weighted by Crippen LogP contribution is -2.56. The molecule has 0 aromatic heterocycles. The first kappa shape index (κ1) is 18.6. The van der Waals surface area contributed by atoms with Gasteiger partial charge in [0.2, 0.25) is 10.0 Å². The van der Waals surface area contributed by atoms with Crippen LogP contribution in [0.3, 0.4) is 0 Å². The standard InChI is InChI=1S/C15H12Cl2FNO4S2/c16-10-1-6-14(17)15(7-10)25(22,23)19-8-13(9-19)24(20,21)12-4-2-11(18)3-5-12/h1-7,13H,8-9H2. The molecule has 3 rings (SSSR count). The molecule has 1 aliphatic rings. The Kier molecular flexibility index (Phi) is 4.85. The van der Waals surface area contributed by atoms with Crippen molar-refractivity contribution < 1.29 is 21.2 Å². The third-order valence-electron chi connectivity index (χ3n) is 3.91. The van der Waals surface area contributed by atoms with Crippen molar-refractivity contribution in [3.8, 4) is 0 Å². The van der Waals surface area contributed by atoms with Gasteiger partial charge in [-0.1, -0.05) is 23.2 Å². The lowest BCUT2D eigenvalue weighted by molar-refractivity contribution is 0.309. The Morgan fingerprint density at radius 2 is 1.56 bits per heavy atom. The van der Waals surface area contributed by atoms with Gasteiger partial charge >= 0.3 is 0 Å². The van der Waals surface area contributed by atoms with E-state index in [0.29, 0.717) is 0 Å². The minimum absolute atomic E-state index is 0.00856. The fraction of sp³-hybridized carbons (Fsp3) is 0.200. The maximum absolute atomic E-state index is 12.9. The number of sulfone groups is 1. The summed E-state index contributed by atoms with van der Waals surface area (Å²) in [6.45, 7) is -0.407. The molecule has 0 amide bonds. The molecule has 0 spiro atoms. The van der Waals surface area contributed by atoms with E-state index in [4.69, 9.17) is 23.2 Å². The average molecular weight is 424 g/mol. The fourth-order valence-corrected chi connectivity index (χ4v) is 6.53. The molecule has 0 atom stereocenters. The topological polar surface area (TPSA) is 71.5 Å². The Morgan fingerprint density at radius 1 is 0.960 bits per heavy atom. The van der Waals surface area contributed by atoms with E-state index < -0.39 is 30.9 Å². The van der Waals surface area contributed by atoms with Gasteiger partial charge in [0.15, 0.2) is 9.84 Å². The van der Waals surface area contributed by atoms with Crippen molar-refractivity contribution in [3.63, 3.8) is 0 Å². The minimum atomic E-state index is -3.95. The molecule has 1 aliphatic heterocycles. The molecule has 1 saturated heterocycles. The van der Waals surface area contributed by atoms with E-state index in [1.54, 1.807) is 0 Å². The second-order valence-electron chi connectivity index (χ2n) is 5.52. The maximum atomic E-state index is 12.9. The van der Waals surface area contributed by atoms with Crippen LogP contribution < -0.4 is 0 Å². The van der Waals surface area contributed by atoms with Crippen molar-refractivity contribution in [3.05, 3.63) is 58.3 Å². The molecule has 0 N–H and O–H groups in total. The molecule has 1 fully saturated rings. The SMILES string of the molecule is O=S(=O)(c1ccc(F)cc1)C1CN(S(=O)(=O)c2cc(Cl)ccc2Cl)C1. The molecule has 0 aliphatic carbocycles. The third kappa shape index (κ3) is 3.41. The molecule has 2 aromatic carbocycles. The second-order valence-corrected chi connectivity index (χ2v) is 10.5. The Balaban J connectivity index is 1.82. The van der Waals surface area contributed by atoms with Crippen LogP contribution in [0.15, 0.2) is 52.3 Å². The van der Waals surface area contributed by atoms with Gasteiger partial charge in [-0.3, -0.25) is 0 Å². The Morgan fingerprint density at radius 3 is 2.16 bits per heavy atom. The monoisotopic (exact) mass is 423 g/mol. The molecule has 2 aromatic rings. The molecular weight excluding hydrogens is 412 g/mol. The van der Waals surface area contributed by atoms with Gasteiger partial charge in [0, 0.05) is 18.1 Å². The van der Waals surface area contributed by atoms with E-state index in [0.717, 1.165) is 28.6 Å². The largest absolute Gasteiger partial charge is 0.244 e. The number of nitrogens with zero attached hydrogens (tertiary/aromatic N) is 1. The molecule has 0 saturated carbocycles. The van der Waals surface area contributed by atoms with E-state index in [9.17, 15) is 21.2 Å². The maximum Gasteiger partial charge on any atom is 0.244 e. The highest BCUT2D eigenvalue weighted by atomic mass is 35.5. The predicted molar refractivity (Wildman–Crippen MR) is 92.6 cm³/mol. The Bertz CT molecular complexity index is 1020. The molecule has 5 nitrogen and oxygen atoms in total. The van der Waals surface area contributed by atoms with Crippen molar-refractivity contribution >= 4 is 43.1 Å². The van der Waals surface area contributed by atoms with Crippen LogP contribution in [0.25, 0.3) is 0 Å². The quantitative estimate of drug-likeness (QED) is 0.708. The summed E-state index contributed by atoms with van der Waals surface area (Å²) in [5.74, 6) is -0.549. The van der Waals surface area contributed by atoms with Crippen molar-refractivity contribution in [1.29, 1.82) is 0 Å². The van der Waals surface area contributed by atoms with Crippen LogP contribution in [-0.2, 0) is 19.9 Å². The molecule has 1 heterocycles. The number of halogens is 3. The number of rotatable bonds is 4. The normalized spacial score (nSPS) is 16.6. The summed E-state index contributed by atoms with van der Waals surface area (Å²) in [5, 5.41) is -0.682. The summed E-state index contributed by atoms with van der Waals surface area (Å²) in [6, 6.07) is 8.47. The second kappa shape index (κ2) is 6.51. The van der Waals surface area contributed by atoms with Crippen molar-refractivity contribution in [2.75, 3.05) is 13.1 Å². The average Bonchev–Trinajstić information content (AvgIpc) is 2.48. The summed E-state index contributed by atoms with van der Waals surface area (Å²) in [6.07, 6.45) is 0. The van der Waals surface area contributed by atoms with Crippen LogP contribution in [0.1, 0.15) is 0 Å². The van der Waals surface area contributed by atoms with Gasteiger partial charge in [-0.15, -0.1) is 0 Å². The van der Waals surface area contributed by atoms with Crippen molar-refractivity contribution in [2.45, 2.75) is 15.0 Å². The van der Waals surface area contributed by atoms with Gasteiger partial charge in [-0.25, -0.2) is 21.2 Å². The van der Waals surface area contributed by atoms with E-state index in [1.807, 2.05) is 0 Å². The molecule has 0 unspecified atom stereocenters. The highest BCUT2D eigenvalue weighted by Gasteiger charge is 2.44. The van der Waals surface area contributed by atoms with Crippen LogP contribution in [0.5, 0.6) is 0 Å². The predicted octanol–water partition coefficient (Wildman–Crippen LogP) is 2.98. The zero-order valence-electron chi connectivity index (χ0n) is 12.6. The smallest absolute Gasteiger partial charge is 0.223 e. The summed E-state index contributed by atoms with van der Waals surface area (Å²) in [7, 11) is -7.69. The van der Waals surface area contributed by atoms with Crippen LogP contribution in [0.2, 0.25) is 10.0 Å². The summed E-state index contributed by atoms with van der Waals surface area (Å²) < 4.78 is 64.1. The third-order valence-corrected chi connectivity index (χ3v) is 8.56. The number of benzene rings is 2. The summed E-state index contributed by atoms with van der Waals surface area (Å²) in [5.41, 5.74) is 0. The van der Waals surface area contributed by atoms with Crippen LogP contribution in [0, 0.1) is 5.82 Å². The fourth-order valence-electron chi connectivity index (χ4n) is 2.42. The van der Waals surface area contributed by atoms with Gasteiger partial charge in [0.1, 0.15) is 10.7 Å². The van der Waals surface area contributed by atoms with Gasteiger partial charge in [-0.2, -0.15) is 4.31 Å². The van der Waals surface area contributed by atoms with Gasteiger partial charge in [0.25, 0.3) is 0 Å². The zero-order chi connectivity index (χ0) is 18.4. The summed E-state index contributed by atoms with van der Waals surface area (Å²) >= 11 is 11.7. The minimum Gasteiger partial charge on any atom is -0.223 e. The van der Waals surface area contributed by atoms with Crippen LogP contribution in [0.4, 0.5) is 4.39 Å². The summed E-state index contributed by atoms with van der Waals surface area (Å²) in [4.78, 5) is -0.212. The molecule has 0 bridgehead atoms. The van der Waals surface area contributed by atoms with Crippen LogP contribution in [-0.4, -0.2) is 39.5 Å². The highest BCUT2D eigenvalue weighted by Crippen LogP contribution is 2.32. The van der Waals surface area contributed by atoms with Gasteiger partial charge < -0.3 is 0 Å². The van der Waals surface area contributed by atoms with Crippen LogP contribution >= 0.6 is 23.2 Å². The molecule has 134 valence electrons. The van der Waals surface area contributed by atoms with Gasteiger partial charge in [-0.05, 0) is 42.5 Å². The lowest BCUT2D eigenvalue weighted by atomic mass is 10.3. The zero-order valence-corrected chi connectivity index (χ0v) is 15.7. The van der Waals surface area contributed by atoms with E-state index >= 15 is 0 Å². The Hall–Kier alpha value is -1.19. The molecular formula is C15H12Cl2FNO4S2. The number of hydrogen-bond donors (Lipinski definition) is 0. The van der Waals surface area contributed by atoms with Crippen molar-refractivity contribution in [1.82, 2.24) is 4.31 Å². The first-order valence-electron chi connectivity index (χ1n) is 7.07. The number of hydrogen-bond acceptors (Lipinski definition) is 4. The van der Waals surface area contributed by atoms with Crippen molar-refractivity contribution in [2.24, 2.45) is 0 Å². The molecule has 10 heteroatoms. The highest BCUT2D eigenvalue weighted by molar-refractivity contribution is 7.92. The van der Waals surface area contributed by atoms with E-state index in [1.165, 1.54) is 18.2 Å². The number of sulfonamides is 1. The molecule has 25 heavy (non-hydrogen) atoms. The van der Waals surface area contributed by atoms with Gasteiger partial charge in [0.05, 0.1) is 15.2 Å². The lowest BCUT2D eigenvalue weighted by Gasteiger charge is -2.37. The first-order chi connectivity index (χ1) is 11.6. The molecule has 0 radical (unpaired) electrons. The van der Waals surface area contributed by atoms with E-state index in [-0.39, 0.29) is 32.9 Å². The van der Waals surface area contributed by atoms with E-state index in [2.05, 4.69) is 0 Å². The first-order valence-corrected chi connectivity index (χ1v) is 10.8.